The number of hydrogen-bond acceptors (Lipinski definition) is 3. The summed E-state index contributed by atoms with van der Waals surface area (Å²) in [6.07, 6.45) is 5.59. The molecule has 0 saturated carbocycles. The molecule has 1 atom stereocenters. The molecule has 0 aromatic carbocycles. The predicted molar refractivity (Wildman–Crippen MR) is 68.9 cm³/mol. The maximum absolute atomic E-state index is 12.0. The highest BCUT2D eigenvalue weighted by Gasteiger charge is 2.24. The SMILES string of the molecule is CCN1CCC(NC(=O)C2CCCCN2)CC1. The van der Waals surface area contributed by atoms with E-state index in [9.17, 15) is 4.79 Å². The van der Waals surface area contributed by atoms with Gasteiger partial charge in [-0.25, -0.2) is 0 Å². The summed E-state index contributed by atoms with van der Waals surface area (Å²) in [7, 11) is 0. The summed E-state index contributed by atoms with van der Waals surface area (Å²) in [6, 6.07) is 0.460. The molecule has 0 aliphatic carbocycles. The first-order valence-electron chi connectivity index (χ1n) is 7.05. The maximum atomic E-state index is 12.0. The highest BCUT2D eigenvalue weighted by atomic mass is 16.2. The lowest BCUT2D eigenvalue weighted by Crippen LogP contribution is -2.52. The van der Waals surface area contributed by atoms with Crippen LogP contribution < -0.4 is 10.6 Å². The Morgan fingerprint density at radius 2 is 2.06 bits per heavy atom. The molecule has 2 N–H and O–H groups in total. The van der Waals surface area contributed by atoms with Crippen LogP contribution in [0.4, 0.5) is 0 Å². The van der Waals surface area contributed by atoms with E-state index in [4.69, 9.17) is 0 Å². The monoisotopic (exact) mass is 239 g/mol. The van der Waals surface area contributed by atoms with Gasteiger partial charge in [0.1, 0.15) is 0 Å². The molecule has 0 aromatic heterocycles. The largest absolute Gasteiger partial charge is 0.352 e. The van der Waals surface area contributed by atoms with Crippen LogP contribution in [-0.2, 0) is 4.79 Å². The fourth-order valence-corrected chi connectivity index (χ4v) is 2.77. The predicted octanol–water partition coefficient (Wildman–Crippen LogP) is 0.729. The van der Waals surface area contributed by atoms with E-state index in [-0.39, 0.29) is 11.9 Å². The van der Waals surface area contributed by atoms with E-state index in [1.807, 2.05) is 0 Å². The van der Waals surface area contributed by atoms with Gasteiger partial charge in [-0.2, -0.15) is 0 Å². The highest BCUT2D eigenvalue weighted by Crippen LogP contribution is 2.12. The molecule has 4 heteroatoms. The van der Waals surface area contributed by atoms with Crippen LogP contribution in [0, 0.1) is 0 Å². The summed E-state index contributed by atoms with van der Waals surface area (Å²) in [6.45, 7) is 6.57. The van der Waals surface area contributed by atoms with Gasteiger partial charge < -0.3 is 15.5 Å². The van der Waals surface area contributed by atoms with E-state index in [1.165, 1.54) is 12.8 Å². The smallest absolute Gasteiger partial charge is 0.237 e. The zero-order valence-corrected chi connectivity index (χ0v) is 10.9. The average molecular weight is 239 g/mol. The van der Waals surface area contributed by atoms with Gasteiger partial charge in [0.25, 0.3) is 0 Å². The molecule has 2 rings (SSSR count). The fourth-order valence-electron chi connectivity index (χ4n) is 2.77. The number of likely N-dealkylation sites (tertiary alicyclic amines) is 1. The molecule has 0 aromatic rings. The van der Waals surface area contributed by atoms with Crippen LogP contribution in [0.15, 0.2) is 0 Å². The molecule has 0 bridgehead atoms. The lowest BCUT2D eigenvalue weighted by molar-refractivity contribution is -0.124. The van der Waals surface area contributed by atoms with Gasteiger partial charge in [0, 0.05) is 19.1 Å². The van der Waals surface area contributed by atoms with Crippen molar-refractivity contribution >= 4 is 5.91 Å². The quantitative estimate of drug-likeness (QED) is 0.763. The topological polar surface area (TPSA) is 44.4 Å². The molecule has 98 valence electrons. The van der Waals surface area contributed by atoms with E-state index in [1.54, 1.807) is 0 Å². The summed E-state index contributed by atoms with van der Waals surface area (Å²) < 4.78 is 0. The molecular weight excluding hydrogens is 214 g/mol. The van der Waals surface area contributed by atoms with Crippen LogP contribution >= 0.6 is 0 Å². The zero-order valence-electron chi connectivity index (χ0n) is 10.9. The van der Waals surface area contributed by atoms with Crippen LogP contribution in [0.1, 0.15) is 39.0 Å². The van der Waals surface area contributed by atoms with Crippen molar-refractivity contribution in [3.63, 3.8) is 0 Å². The third kappa shape index (κ3) is 3.68. The first-order chi connectivity index (χ1) is 8.29. The number of hydrogen-bond donors (Lipinski definition) is 2. The third-order valence-electron chi connectivity index (χ3n) is 4.01. The molecule has 2 aliphatic rings. The van der Waals surface area contributed by atoms with Crippen molar-refractivity contribution in [1.82, 2.24) is 15.5 Å². The Bertz CT molecular complexity index is 243. The molecule has 1 unspecified atom stereocenters. The lowest BCUT2D eigenvalue weighted by Gasteiger charge is -2.33. The summed E-state index contributed by atoms with van der Waals surface area (Å²) >= 11 is 0. The minimum atomic E-state index is 0.0629. The van der Waals surface area contributed by atoms with Crippen molar-refractivity contribution in [2.45, 2.75) is 51.1 Å². The van der Waals surface area contributed by atoms with E-state index in [2.05, 4.69) is 22.5 Å². The highest BCUT2D eigenvalue weighted by molar-refractivity contribution is 5.82. The van der Waals surface area contributed by atoms with Crippen LogP contribution in [0.3, 0.4) is 0 Å². The number of nitrogens with zero attached hydrogens (tertiary/aromatic N) is 1. The van der Waals surface area contributed by atoms with Crippen molar-refractivity contribution in [2.75, 3.05) is 26.2 Å². The number of piperidine rings is 2. The van der Waals surface area contributed by atoms with Crippen LogP contribution in [0.2, 0.25) is 0 Å². The number of carbonyl (C=O) groups is 1. The first-order valence-corrected chi connectivity index (χ1v) is 7.05. The Morgan fingerprint density at radius 3 is 2.65 bits per heavy atom. The molecule has 2 heterocycles. The Labute approximate surface area is 104 Å². The lowest BCUT2D eigenvalue weighted by atomic mass is 10.0. The van der Waals surface area contributed by atoms with Gasteiger partial charge in [0.05, 0.1) is 6.04 Å². The second kappa shape index (κ2) is 6.36. The minimum Gasteiger partial charge on any atom is -0.352 e. The van der Waals surface area contributed by atoms with Crippen molar-refractivity contribution in [3.05, 3.63) is 0 Å². The summed E-state index contributed by atoms with van der Waals surface area (Å²) in [5, 5.41) is 6.51. The molecule has 2 saturated heterocycles. The molecule has 0 radical (unpaired) electrons. The van der Waals surface area contributed by atoms with Crippen molar-refractivity contribution in [3.8, 4) is 0 Å². The second-order valence-electron chi connectivity index (χ2n) is 5.22. The van der Waals surface area contributed by atoms with Crippen molar-refractivity contribution in [2.24, 2.45) is 0 Å². The Balaban J connectivity index is 1.71. The molecule has 17 heavy (non-hydrogen) atoms. The standard InChI is InChI=1S/C13H25N3O/c1-2-16-9-6-11(7-10-16)15-13(17)12-5-3-4-8-14-12/h11-12,14H,2-10H2,1H3,(H,15,17). The number of rotatable bonds is 3. The minimum absolute atomic E-state index is 0.0629. The number of amides is 1. The fraction of sp³-hybridized carbons (Fsp3) is 0.923. The van der Waals surface area contributed by atoms with E-state index in [0.29, 0.717) is 6.04 Å². The average Bonchev–Trinajstić information content (AvgIpc) is 2.40. The van der Waals surface area contributed by atoms with Crippen molar-refractivity contribution < 1.29 is 4.79 Å². The Morgan fingerprint density at radius 1 is 1.29 bits per heavy atom. The summed E-state index contributed by atoms with van der Waals surface area (Å²) in [5.41, 5.74) is 0. The molecule has 1 amide bonds. The zero-order chi connectivity index (χ0) is 12.1. The van der Waals surface area contributed by atoms with Gasteiger partial charge in [-0.3, -0.25) is 4.79 Å². The maximum Gasteiger partial charge on any atom is 0.237 e. The molecule has 4 nitrogen and oxygen atoms in total. The molecular formula is C13H25N3O. The second-order valence-corrected chi connectivity index (χ2v) is 5.22. The molecule has 2 aliphatic heterocycles. The van der Waals surface area contributed by atoms with Gasteiger partial charge >= 0.3 is 0 Å². The van der Waals surface area contributed by atoms with Gasteiger partial charge in [-0.05, 0) is 38.8 Å². The van der Waals surface area contributed by atoms with E-state index in [0.717, 1.165) is 45.4 Å². The third-order valence-corrected chi connectivity index (χ3v) is 4.01. The van der Waals surface area contributed by atoms with Gasteiger partial charge in [-0.1, -0.05) is 13.3 Å². The number of carbonyl (C=O) groups excluding carboxylic acids is 1. The Kier molecular flexibility index (Phi) is 4.80. The van der Waals surface area contributed by atoms with Gasteiger partial charge in [-0.15, -0.1) is 0 Å². The van der Waals surface area contributed by atoms with Crippen molar-refractivity contribution in [1.29, 1.82) is 0 Å². The van der Waals surface area contributed by atoms with E-state index >= 15 is 0 Å². The van der Waals surface area contributed by atoms with Crippen LogP contribution in [0.25, 0.3) is 0 Å². The van der Waals surface area contributed by atoms with Gasteiger partial charge in [0.15, 0.2) is 0 Å². The first kappa shape index (κ1) is 12.8. The van der Waals surface area contributed by atoms with Crippen LogP contribution in [-0.4, -0.2) is 49.1 Å². The summed E-state index contributed by atoms with van der Waals surface area (Å²) in [4.78, 5) is 14.5. The summed E-state index contributed by atoms with van der Waals surface area (Å²) in [5.74, 6) is 0.222. The molecule has 2 fully saturated rings. The van der Waals surface area contributed by atoms with Crippen LogP contribution in [0.5, 0.6) is 0 Å². The number of nitrogens with one attached hydrogen (secondary N) is 2. The normalized spacial score (nSPS) is 27.9. The van der Waals surface area contributed by atoms with E-state index < -0.39 is 0 Å². The van der Waals surface area contributed by atoms with Gasteiger partial charge in [0.2, 0.25) is 5.91 Å². The molecule has 0 spiro atoms. The Hall–Kier alpha value is -0.610.